The number of carbonyl (C=O) groups is 1. The molecule has 1 N–H and O–H groups in total. The highest BCUT2D eigenvalue weighted by molar-refractivity contribution is 7.22. The van der Waals surface area contributed by atoms with Gasteiger partial charge in [-0.05, 0) is 24.6 Å². The number of aromatic nitrogens is 1. The van der Waals surface area contributed by atoms with Gasteiger partial charge in [-0.15, -0.1) is 0 Å². The van der Waals surface area contributed by atoms with Crippen LogP contribution in [0.3, 0.4) is 0 Å². The lowest BCUT2D eigenvalue weighted by molar-refractivity contribution is 0.194. The van der Waals surface area contributed by atoms with Crippen molar-refractivity contribution in [1.82, 2.24) is 15.2 Å². The van der Waals surface area contributed by atoms with Crippen molar-refractivity contribution in [3.05, 3.63) is 59.7 Å². The molecule has 134 valence electrons. The normalized spacial score (nSPS) is 14.7. The standard InChI is InChI=1S/C20H22N4OS/c1-15-6-8-16(9-7-15)14-21-19(25)23-10-12-24(13-11-23)20-22-17-4-2-3-5-18(17)26-20/h2-9H,10-14H2,1H3,(H,21,25). The number of amides is 2. The van der Waals surface area contributed by atoms with Crippen molar-refractivity contribution in [2.24, 2.45) is 0 Å². The molecule has 5 nitrogen and oxygen atoms in total. The molecule has 0 radical (unpaired) electrons. The van der Waals surface area contributed by atoms with E-state index in [9.17, 15) is 4.79 Å². The lowest BCUT2D eigenvalue weighted by atomic mass is 10.1. The minimum absolute atomic E-state index is 0.00882. The number of thiazole rings is 1. The van der Waals surface area contributed by atoms with Gasteiger partial charge in [0, 0.05) is 32.7 Å². The Balaban J connectivity index is 1.31. The molecule has 4 rings (SSSR count). The molecule has 1 aliphatic rings. The fourth-order valence-corrected chi connectivity index (χ4v) is 4.11. The molecule has 1 saturated heterocycles. The first-order valence-electron chi connectivity index (χ1n) is 8.88. The molecule has 0 bridgehead atoms. The van der Waals surface area contributed by atoms with E-state index in [2.05, 4.69) is 47.5 Å². The van der Waals surface area contributed by atoms with Crippen molar-refractivity contribution in [2.45, 2.75) is 13.5 Å². The average Bonchev–Trinajstić information content (AvgIpc) is 3.12. The van der Waals surface area contributed by atoms with E-state index in [1.165, 1.54) is 10.3 Å². The number of aryl methyl sites for hydroxylation is 1. The number of anilines is 1. The minimum atomic E-state index is 0.00882. The van der Waals surface area contributed by atoms with Crippen LogP contribution in [-0.2, 0) is 6.54 Å². The van der Waals surface area contributed by atoms with Gasteiger partial charge >= 0.3 is 6.03 Å². The molecule has 2 heterocycles. The number of urea groups is 1. The van der Waals surface area contributed by atoms with Gasteiger partial charge in [0.25, 0.3) is 0 Å². The lowest BCUT2D eigenvalue weighted by Crippen LogP contribution is -2.51. The van der Waals surface area contributed by atoms with E-state index in [0.717, 1.165) is 42.4 Å². The van der Waals surface area contributed by atoms with Crippen molar-refractivity contribution < 1.29 is 4.79 Å². The Hall–Kier alpha value is -2.60. The summed E-state index contributed by atoms with van der Waals surface area (Å²) in [5, 5.41) is 4.07. The Morgan fingerprint density at radius 2 is 1.81 bits per heavy atom. The van der Waals surface area contributed by atoms with E-state index in [0.29, 0.717) is 6.54 Å². The van der Waals surface area contributed by atoms with Crippen LogP contribution < -0.4 is 10.2 Å². The van der Waals surface area contributed by atoms with Gasteiger partial charge in [-0.2, -0.15) is 0 Å². The first-order valence-corrected chi connectivity index (χ1v) is 9.69. The zero-order valence-electron chi connectivity index (χ0n) is 14.8. The molecule has 2 amide bonds. The van der Waals surface area contributed by atoms with Crippen LogP contribution in [0.15, 0.2) is 48.5 Å². The number of nitrogens with one attached hydrogen (secondary N) is 1. The highest BCUT2D eigenvalue weighted by Crippen LogP contribution is 2.29. The van der Waals surface area contributed by atoms with Gasteiger partial charge in [-0.1, -0.05) is 53.3 Å². The number of nitrogens with zero attached hydrogens (tertiary/aromatic N) is 3. The van der Waals surface area contributed by atoms with Crippen LogP contribution in [-0.4, -0.2) is 42.1 Å². The summed E-state index contributed by atoms with van der Waals surface area (Å²) in [7, 11) is 0. The molecule has 1 aliphatic heterocycles. The second kappa shape index (κ2) is 7.33. The fraction of sp³-hybridized carbons (Fsp3) is 0.300. The summed E-state index contributed by atoms with van der Waals surface area (Å²) in [6.45, 7) is 5.70. The lowest BCUT2D eigenvalue weighted by Gasteiger charge is -2.34. The summed E-state index contributed by atoms with van der Waals surface area (Å²) in [5.74, 6) is 0. The molecule has 3 aromatic rings. The maximum atomic E-state index is 12.4. The van der Waals surface area contributed by atoms with Gasteiger partial charge in [0.1, 0.15) is 0 Å². The van der Waals surface area contributed by atoms with E-state index in [-0.39, 0.29) is 6.03 Å². The van der Waals surface area contributed by atoms with Gasteiger partial charge in [0.05, 0.1) is 10.2 Å². The summed E-state index contributed by atoms with van der Waals surface area (Å²) in [5.41, 5.74) is 3.40. The van der Waals surface area contributed by atoms with Crippen LogP contribution in [0.1, 0.15) is 11.1 Å². The number of hydrogen-bond acceptors (Lipinski definition) is 4. The molecule has 1 aromatic heterocycles. The van der Waals surface area contributed by atoms with E-state index >= 15 is 0 Å². The second-order valence-electron chi connectivity index (χ2n) is 6.58. The van der Waals surface area contributed by atoms with Crippen LogP contribution in [0.4, 0.5) is 9.93 Å². The smallest absolute Gasteiger partial charge is 0.317 e. The number of fused-ring (bicyclic) bond motifs is 1. The topological polar surface area (TPSA) is 48.5 Å². The Kier molecular flexibility index (Phi) is 4.75. The van der Waals surface area contributed by atoms with Crippen molar-refractivity contribution >= 4 is 32.7 Å². The summed E-state index contributed by atoms with van der Waals surface area (Å²) < 4.78 is 1.21. The summed E-state index contributed by atoms with van der Waals surface area (Å²) in [6.07, 6.45) is 0. The molecule has 0 aliphatic carbocycles. The minimum Gasteiger partial charge on any atom is -0.345 e. The molecule has 2 aromatic carbocycles. The molecule has 0 spiro atoms. The predicted molar refractivity (Wildman–Crippen MR) is 107 cm³/mol. The molecule has 0 atom stereocenters. The predicted octanol–water partition coefficient (Wildman–Crippen LogP) is 3.64. The van der Waals surface area contributed by atoms with E-state index in [1.54, 1.807) is 11.3 Å². The van der Waals surface area contributed by atoms with Gasteiger partial charge in [-0.3, -0.25) is 0 Å². The van der Waals surface area contributed by atoms with Crippen molar-refractivity contribution in [1.29, 1.82) is 0 Å². The number of rotatable bonds is 3. The summed E-state index contributed by atoms with van der Waals surface area (Å²) in [6, 6.07) is 16.5. The number of piperazine rings is 1. The van der Waals surface area contributed by atoms with Crippen LogP contribution in [0.5, 0.6) is 0 Å². The monoisotopic (exact) mass is 366 g/mol. The van der Waals surface area contributed by atoms with Crippen molar-refractivity contribution in [3.8, 4) is 0 Å². The Bertz CT molecular complexity index is 865. The zero-order valence-corrected chi connectivity index (χ0v) is 15.6. The second-order valence-corrected chi connectivity index (χ2v) is 7.59. The largest absolute Gasteiger partial charge is 0.345 e. The SMILES string of the molecule is Cc1ccc(CNC(=O)N2CCN(c3nc4ccccc4s3)CC2)cc1. The number of hydrogen-bond donors (Lipinski definition) is 1. The van der Waals surface area contributed by atoms with Gasteiger partial charge in [0.15, 0.2) is 5.13 Å². The maximum Gasteiger partial charge on any atom is 0.317 e. The number of carbonyl (C=O) groups excluding carboxylic acids is 1. The quantitative estimate of drug-likeness (QED) is 0.770. The van der Waals surface area contributed by atoms with Crippen molar-refractivity contribution in [3.63, 3.8) is 0 Å². The molecule has 26 heavy (non-hydrogen) atoms. The molecule has 0 saturated carbocycles. The van der Waals surface area contributed by atoms with Crippen LogP contribution >= 0.6 is 11.3 Å². The van der Waals surface area contributed by atoms with E-state index in [1.807, 2.05) is 23.1 Å². The average molecular weight is 366 g/mol. The maximum absolute atomic E-state index is 12.4. The van der Waals surface area contributed by atoms with Gasteiger partial charge in [-0.25, -0.2) is 9.78 Å². The van der Waals surface area contributed by atoms with E-state index in [4.69, 9.17) is 4.98 Å². The van der Waals surface area contributed by atoms with Crippen LogP contribution in [0.2, 0.25) is 0 Å². The van der Waals surface area contributed by atoms with Crippen molar-refractivity contribution in [2.75, 3.05) is 31.1 Å². The Labute approximate surface area is 157 Å². The molecule has 0 unspecified atom stereocenters. The third-order valence-corrected chi connectivity index (χ3v) is 5.78. The Morgan fingerprint density at radius 3 is 2.54 bits per heavy atom. The first-order chi connectivity index (χ1) is 12.7. The summed E-state index contributed by atoms with van der Waals surface area (Å²) >= 11 is 1.72. The molecular formula is C20H22N4OS. The number of para-hydroxylation sites is 1. The first kappa shape index (κ1) is 16.8. The zero-order chi connectivity index (χ0) is 17.9. The number of benzene rings is 2. The third-order valence-electron chi connectivity index (χ3n) is 4.68. The molecular weight excluding hydrogens is 344 g/mol. The highest BCUT2D eigenvalue weighted by Gasteiger charge is 2.22. The summed E-state index contributed by atoms with van der Waals surface area (Å²) in [4.78, 5) is 21.3. The van der Waals surface area contributed by atoms with Gasteiger partial charge < -0.3 is 15.1 Å². The van der Waals surface area contributed by atoms with Crippen LogP contribution in [0, 0.1) is 6.92 Å². The Morgan fingerprint density at radius 1 is 1.08 bits per heavy atom. The molecule has 6 heteroatoms. The van der Waals surface area contributed by atoms with Crippen LogP contribution in [0.25, 0.3) is 10.2 Å². The van der Waals surface area contributed by atoms with E-state index < -0.39 is 0 Å². The fourth-order valence-electron chi connectivity index (χ4n) is 3.09. The van der Waals surface area contributed by atoms with Gasteiger partial charge in [0.2, 0.25) is 0 Å². The third kappa shape index (κ3) is 3.65. The highest BCUT2D eigenvalue weighted by atomic mass is 32.1. The molecule has 1 fully saturated rings.